The lowest BCUT2D eigenvalue weighted by Crippen LogP contribution is -2.21. The first-order chi connectivity index (χ1) is 12.4. The Morgan fingerprint density at radius 1 is 1.19 bits per heavy atom. The standard InChI is InChI=1S/C17H15ClN2O6/c1-2-25-13-6-4-12(5-7-13)19-16(21)10-26-17(22)14-9-11(18)3-8-15(14)20(23)24/h3-9H,2,10H2,1H3,(H,19,21). The molecule has 0 saturated heterocycles. The van der Waals surface area contributed by atoms with Crippen LogP contribution in [0.1, 0.15) is 17.3 Å². The van der Waals surface area contributed by atoms with Crippen LogP contribution in [0.2, 0.25) is 5.02 Å². The highest BCUT2D eigenvalue weighted by Gasteiger charge is 2.22. The van der Waals surface area contributed by atoms with Crippen molar-refractivity contribution in [3.8, 4) is 5.75 Å². The van der Waals surface area contributed by atoms with Gasteiger partial charge in [0.1, 0.15) is 11.3 Å². The number of nitrogens with one attached hydrogen (secondary N) is 1. The predicted octanol–water partition coefficient (Wildman–Crippen LogP) is 3.44. The van der Waals surface area contributed by atoms with Crippen LogP contribution in [-0.4, -0.2) is 30.0 Å². The van der Waals surface area contributed by atoms with E-state index in [0.717, 1.165) is 12.1 Å². The Kier molecular flexibility index (Phi) is 6.51. The fourth-order valence-corrected chi connectivity index (χ4v) is 2.21. The zero-order valence-corrected chi connectivity index (χ0v) is 14.5. The number of esters is 1. The van der Waals surface area contributed by atoms with Gasteiger partial charge in [-0.05, 0) is 43.3 Å². The number of nitro groups is 1. The number of nitro benzene ring substituents is 1. The van der Waals surface area contributed by atoms with Gasteiger partial charge in [-0.3, -0.25) is 14.9 Å². The highest BCUT2D eigenvalue weighted by molar-refractivity contribution is 6.31. The second-order valence-electron chi connectivity index (χ2n) is 5.00. The summed E-state index contributed by atoms with van der Waals surface area (Å²) in [4.78, 5) is 34.1. The number of rotatable bonds is 7. The van der Waals surface area contributed by atoms with E-state index < -0.39 is 29.1 Å². The van der Waals surface area contributed by atoms with Crippen LogP contribution in [0.25, 0.3) is 0 Å². The number of carbonyl (C=O) groups is 2. The van der Waals surface area contributed by atoms with Gasteiger partial charge >= 0.3 is 5.97 Å². The SMILES string of the molecule is CCOc1ccc(NC(=O)COC(=O)c2cc(Cl)ccc2[N+](=O)[O-])cc1. The predicted molar refractivity (Wildman–Crippen MR) is 94.6 cm³/mol. The number of amides is 1. The highest BCUT2D eigenvalue weighted by Crippen LogP contribution is 2.23. The van der Waals surface area contributed by atoms with Crippen LogP contribution in [0.5, 0.6) is 5.75 Å². The van der Waals surface area contributed by atoms with E-state index in [9.17, 15) is 19.7 Å². The van der Waals surface area contributed by atoms with E-state index in [2.05, 4.69) is 5.32 Å². The van der Waals surface area contributed by atoms with E-state index in [1.807, 2.05) is 6.92 Å². The Morgan fingerprint density at radius 2 is 1.88 bits per heavy atom. The summed E-state index contributed by atoms with van der Waals surface area (Å²) in [6, 6.07) is 10.1. The van der Waals surface area contributed by atoms with Crippen molar-refractivity contribution in [2.75, 3.05) is 18.5 Å². The minimum absolute atomic E-state index is 0.140. The molecule has 2 aromatic carbocycles. The van der Waals surface area contributed by atoms with Gasteiger partial charge in [-0.15, -0.1) is 0 Å². The summed E-state index contributed by atoms with van der Waals surface area (Å²) in [6.45, 7) is 1.78. The normalized spacial score (nSPS) is 10.1. The number of benzene rings is 2. The van der Waals surface area contributed by atoms with Crippen molar-refractivity contribution in [3.05, 3.63) is 63.2 Å². The molecule has 0 aliphatic rings. The molecule has 0 aliphatic heterocycles. The molecule has 9 heteroatoms. The van der Waals surface area contributed by atoms with Gasteiger partial charge in [0.25, 0.3) is 11.6 Å². The third-order valence-corrected chi connectivity index (χ3v) is 3.39. The summed E-state index contributed by atoms with van der Waals surface area (Å²) in [6.07, 6.45) is 0. The van der Waals surface area contributed by atoms with E-state index in [4.69, 9.17) is 21.1 Å². The van der Waals surface area contributed by atoms with Crippen molar-refractivity contribution in [2.24, 2.45) is 0 Å². The first-order valence-electron chi connectivity index (χ1n) is 7.54. The molecule has 0 fully saturated rings. The first-order valence-corrected chi connectivity index (χ1v) is 7.92. The van der Waals surface area contributed by atoms with E-state index in [1.54, 1.807) is 24.3 Å². The van der Waals surface area contributed by atoms with Crippen LogP contribution >= 0.6 is 11.6 Å². The first kappa shape index (κ1) is 19.2. The summed E-state index contributed by atoms with van der Waals surface area (Å²) < 4.78 is 10.1. The fourth-order valence-electron chi connectivity index (χ4n) is 2.04. The van der Waals surface area contributed by atoms with Crippen LogP contribution in [0.4, 0.5) is 11.4 Å². The second kappa shape index (κ2) is 8.82. The number of halogens is 1. The molecule has 0 bridgehead atoms. The average Bonchev–Trinajstić information content (AvgIpc) is 2.61. The Hall–Kier alpha value is -3.13. The van der Waals surface area contributed by atoms with E-state index >= 15 is 0 Å². The third-order valence-electron chi connectivity index (χ3n) is 3.16. The number of hydrogen-bond acceptors (Lipinski definition) is 6. The smallest absolute Gasteiger partial charge is 0.345 e. The summed E-state index contributed by atoms with van der Waals surface area (Å²) in [7, 11) is 0. The molecule has 0 atom stereocenters. The number of hydrogen-bond donors (Lipinski definition) is 1. The van der Waals surface area contributed by atoms with Crippen molar-refractivity contribution in [3.63, 3.8) is 0 Å². The molecule has 0 unspecified atom stereocenters. The van der Waals surface area contributed by atoms with Gasteiger partial charge in [0.15, 0.2) is 6.61 Å². The molecule has 1 N–H and O–H groups in total. The van der Waals surface area contributed by atoms with Crippen LogP contribution in [0, 0.1) is 10.1 Å². The van der Waals surface area contributed by atoms with Crippen LogP contribution in [0.3, 0.4) is 0 Å². The number of nitrogens with zero attached hydrogens (tertiary/aromatic N) is 1. The molecule has 0 spiro atoms. The van der Waals surface area contributed by atoms with E-state index in [1.165, 1.54) is 6.07 Å². The largest absolute Gasteiger partial charge is 0.494 e. The van der Waals surface area contributed by atoms with Crippen LogP contribution in [-0.2, 0) is 9.53 Å². The summed E-state index contributed by atoms with van der Waals surface area (Å²) in [5, 5.41) is 13.6. The molecule has 0 radical (unpaired) electrons. The molecule has 8 nitrogen and oxygen atoms in total. The molecule has 136 valence electrons. The number of carbonyl (C=O) groups excluding carboxylic acids is 2. The Bertz CT molecular complexity index is 823. The minimum Gasteiger partial charge on any atom is -0.494 e. The second-order valence-corrected chi connectivity index (χ2v) is 5.44. The maximum Gasteiger partial charge on any atom is 0.345 e. The fraction of sp³-hybridized carbons (Fsp3) is 0.176. The van der Waals surface area contributed by atoms with Crippen molar-refractivity contribution in [2.45, 2.75) is 6.92 Å². The molecule has 0 saturated carbocycles. The van der Waals surface area contributed by atoms with Crippen LogP contribution < -0.4 is 10.1 Å². The van der Waals surface area contributed by atoms with Gasteiger partial charge in [0.05, 0.1) is 11.5 Å². The lowest BCUT2D eigenvalue weighted by Gasteiger charge is -2.08. The van der Waals surface area contributed by atoms with Crippen molar-refractivity contribution < 1.29 is 24.0 Å². The summed E-state index contributed by atoms with van der Waals surface area (Å²) in [5.41, 5.74) is -0.286. The van der Waals surface area contributed by atoms with Gasteiger partial charge in [-0.25, -0.2) is 4.79 Å². The summed E-state index contributed by atoms with van der Waals surface area (Å²) >= 11 is 5.75. The molecule has 2 aromatic rings. The minimum atomic E-state index is -1.01. The van der Waals surface area contributed by atoms with Crippen LogP contribution in [0.15, 0.2) is 42.5 Å². The molecular formula is C17H15ClN2O6. The zero-order chi connectivity index (χ0) is 19.1. The van der Waals surface area contributed by atoms with E-state index in [0.29, 0.717) is 18.0 Å². The van der Waals surface area contributed by atoms with E-state index in [-0.39, 0.29) is 10.6 Å². The molecule has 0 aromatic heterocycles. The lowest BCUT2D eigenvalue weighted by molar-refractivity contribution is -0.385. The Morgan fingerprint density at radius 3 is 2.50 bits per heavy atom. The number of ether oxygens (including phenoxy) is 2. The quantitative estimate of drug-likeness (QED) is 0.449. The lowest BCUT2D eigenvalue weighted by atomic mass is 10.2. The summed E-state index contributed by atoms with van der Waals surface area (Å²) in [5.74, 6) is -0.946. The van der Waals surface area contributed by atoms with Gasteiger partial charge < -0.3 is 14.8 Å². The average molecular weight is 379 g/mol. The maximum absolute atomic E-state index is 12.0. The maximum atomic E-state index is 12.0. The third kappa shape index (κ3) is 5.18. The molecule has 0 heterocycles. The van der Waals surface area contributed by atoms with Gasteiger partial charge in [-0.2, -0.15) is 0 Å². The molecule has 2 rings (SSSR count). The molecule has 1 amide bonds. The molecule has 0 aliphatic carbocycles. The van der Waals surface area contributed by atoms with Gasteiger partial charge in [0.2, 0.25) is 0 Å². The molecular weight excluding hydrogens is 364 g/mol. The topological polar surface area (TPSA) is 108 Å². The zero-order valence-electron chi connectivity index (χ0n) is 13.7. The van der Waals surface area contributed by atoms with Gasteiger partial charge in [-0.1, -0.05) is 11.6 Å². The van der Waals surface area contributed by atoms with Crippen molar-refractivity contribution >= 4 is 34.9 Å². The van der Waals surface area contributed by atoms with Crippen molar-refractivity contribution in [1.82, 2.24) is 0 Å². The van der Waals surface area contributed by atoms with Crippen molar-refractivity contribution in [1.29, 1.82) is 0 Å². The molecule has 26 heavy (non-hydrogen) atoms. The highest BCUT2D eigenvalue weighted by atomic mass is 35.5. The number of anilines is 1. The monoisotopic (exact) mass is 378 g/mol. The van der Waals surface area contributed by atoms with Gasteiger partial charge in [0, 0.05) is 16.8 Å². The Labute approximate surface area is 153 Å². The Balaban J connectivity index is 1.96.